The fraction of sp³-hybridized carbons (Fsp3) is 0.514. The first-order valence-electron chi connectivity index (χ1n) is 16.4. The lowest BCUT2D eigenvalue weighted by Gasteiger charge is -2.43. The van der Waals surface area contributed by atoms with Crippen molar-refractivity contribution in [3.05, 3.63) is 51.6 Å². The zero-order valence-electron chi connectivity index (χ0n) is 28.5. The molecule has 5 rings (SSSR count). The lowest BCUT2D eigenvalue weighted by Crippen LogP contribution is -2.54. The second-order valence-corrected chi connectivity index (χ2v) is 12.8. The number of phenols is 2. The number of esters is 2. The number of methoxy groups -OCH3 is 1. The van der Waals surface area contributed by atoms with Crippen molar-refractivity contribution in [2.45, 2.75) is 95.4 Å². The Morgan fingerprint density at radius 3 is 2.33 bits per heavy atom. The van der Waals surface area contributed by atoms with Crippen LogP contribution in [0.25, 0.3) is 0 Å². The van der Waals surface area contributed by atoms with Crippen LogP contribution in [0.4, 0.5) is 0 Å². The van der Waals surface area contributed by atoms with Gasteiger partial charge in [-0.2, -0.15) is 0 Å². The Balaban J connectivity index is 1.44. The number of carbonyl (C=O) groups is 5. The Bertz CT molecular complexity index is 1720. The topological polar surface area (TPSA) is 245 Å². The molecule has 1 heterocycles. The van der Waals surface area contributed by atoms with Gasteiger partial charge in [-0.05, 0) is 26.0 Å². The molecule has 1 fully saturated rings. The molecule has 2 aromatic rings. The minimum Gasteiger partial charge on any atom is -0.507 e. The fourth-order valence-electron chi connectivity index (χ4n) is 6.99. The van der Waals surface area contributed by atoms with E-state index in [0.717, 1.165) is 0 Å². The van der Waals surface area contributed by atoms with Gasteiger partial charge in [0.05, 0.1) is 42.1 Å². The van der Waals surface area contributed by atoms with Crippen molar-refractivity contribution in [3.8, 4) is 17.2 Å². The standard InChI is InChI=1S/C35H41NO15/c1-15-30(41)20(36-10-6-9-24(49-16(2)38)50-17(3)39)11-25(48-15)51-22-13-35(46,23(40)14-37)12-19-27(22)34(45)29-28(32(19)43)31(42)18-7-5-8-21(47-4)26(18)33(29)44/h5,7-8,15,20,22,24-25,30,36-37,41,43,45-46H,6,9-14H2,1-4H3/t15-,20-,22-,25-,30+,35-/m0/s1. The summed E-state index contributed by atoms with van der Waals surface area (Å²) in [6.45, 7) is 3.17. The number of aliphatic hydroxyl groups excluding tert-OH is 2. The van der Waals surface area contributed by atoms with Crippen LogP contribution in [0.5, 0.6) is 17.2 Å². The summed E-state index contributed by atoms with van der Waals surface area (Å²) in [5.41, 5.74) is -3.92. The van der Waals surface area contributed by atoms with Crippen molar-refractivity contribution in [2.75, 3.05) is 20.3 Å². The van der Waals surface area contributed by atoms with E-state index in [1.807, 2.05) is 0 Å². The van der Waals surface area contributed by atoms with Crippen molar-refractivity contribution in [3.63, 3.8) is 0 Å². The zero-order chi connectivity index (χ0) is 37.4. The van der Waals surface area contributed by atoms with Crippen LogP contribution in [0.1, 0.15) is 95.5 Å². The Hall–Kier alpha value is -4.45. The highest BCUT2D eigenvalue weighted by Crippen LogP contribution is 2.52. The van der Waals surface area contributed by atoms with E-state index in [0.29, 0.717) is 6.42 Å². The van der Waals surface area contributed by atoms with Crippen molar-refractivity contribution in [1.29, 1.82) is 0 Å². The van der Waals surface area contributed by atoms with E-state index in [9.17, 15) is 49.5 Å². The number of hydrogen-bond donors (Lipinski definition) is 6. The highest BCUT2D eigenvalue weighted by atomic mass is 16.7. The quantitative estimate of drug-likeness (QED) is 0.0659. The van der Waals surface area contributed by atoms with Crippen LogP contribution in [-0.2, 0) is 39.8 Å². The third-order valence-corrected chi connectivity index (χ3v) is 9.38. The number of aromatic hydroxyl groups is 2. The molecule has 2 aromatic carbocycles. The summed E-state index contributed by atoms with van der Waals surface area (Å²) < 4.78 is 27.5. The third kappa shape index (κ3) is 7.33. The van der Waals surface area contributed by atoms with Crippen LogP contribution in [0.15, 0.2) is 18.2 Å². The molecular weight excluding hydrogens is 674 g/mol. The average molecular weight is 716 g/mol. The molecule has 0 bridgehead atoms. The molecule has 16 heteroatoms. The van der Waals surface area contributed by atoms with Crippen LogP contribution in [0.2, 0.25) is 0 Å². The molecule has 0 spiro atoms. The van der Waals surface area contributed by atoms with E-state index >= 15 is 0 Å². The van der Waals surface area contributed by atoms with Crippen molar-refractivity contribution in [1.82, 2.24) is 5.32 Å². The van der Waals surface area contributed by atoms with E-state index in [2.05, 4.69) is 5.32 Å². The van der Waals surface area contributed by atoms with E-state index in [1.165, 1.54) is 39.2 Å². The van der Waals surface area contributed by atoms with Gasteiger partial charge in [-0.1, -0.05) is 12.1 Å². The fourth-order valence-corrected chi connectivity index (χ4v) is 6.99. The molecule has 276 valence electrons. The van der Waals surface area contributed by atoms with Gasteiger partial charge in [0.2, 0.25) is 12.1 Å². The largest absolute Gasteiger partial charge is 0.507 e. The van der Waals surface area contributed by atoms with E-state index < -0.39 is 114 Å². The summed E-state index contributed by atoms with van der Waals surface area (Å²) in [6, 6.07) is 3.68. The Morgan fingerprint density at radius 1 is 1.04 bits per heavy atom. The normalized spacial score (nSPS) is 25.5. The number of ether oxygens (including phenoxy) is 5. The van der Waals surface area contributed by atoms with Crippen molar-refractivity contribution >= 4 is 29.3 Å². The summed E-state index contributed by atoms with van der Waals surface area (Å²) in [7, 11) is 1.31. The molecule has 1 saturated heterocycles. The van der Waals surface area contributed by atoms with Gasteiger partial charge < -0.3 is 54.5 Å². The molecule has 0 aromatic heterocycles. The number of aliphatic hydroxyl groups is 3. The summed E-state index contributed by atoms with van der Waals surface area (Å²) in [5.74, 6) is -5.24. The predicted molar refractivity (Wildman–Crippen MR) is 172 cm³/mol. The van der Waals surface area contributed by atoms with E-state index in [-0.39, 0.29) is 47.4 Å². The maximum Gasteiger partial charge on any atom is 0.305 e. The van der Waals surface area contributed by atoms with Crippen LogP contribution in [-0.4, -0.2) is 112 Å². The van der Waals surface area contributed by atoms with Gasteiger partial charge in [-0.25, -0.2) is 0 Å². The maximum atomic E-state index is 13.9. The first-order valence-corrected chi connectivity index (χ1v) is 16.4. The van der Waals surface area contributed by atoms with Gasteiger partial charge in [0, 0.05) is 62.3 Å². The summed E-state index contributed by atoms with van der Waals surface area (Å²) in [4.78, 5) is 63.2. The molecule has 6 atom stereocenters. The first-order chi connectivity index (χ1) is 24.1. The Labute approximate surface area is 292 Å². The maximum absolute atomic E-state index is 13.9. The molecule has 0 amide bonds. The molecule has 51 heavy (non-hydrogen) atoms. The summed E-state index contributed by atoms with van der Waals surface area (Å²) in [6.07, 6.45) is -6.12. The number of Topliss-reactive ketones (excluding diaryl/α,β-unsaturated/α-hetero) is 1. The second kappa shape index (κ2) is 15.0. The SMILES string of the molecule is COc1cccc2c1C(=O)c1c(O)c3c(c(O)c1C2=O)C[C@@](O)(C(=O)CO)C[C@@H]3O[C@H]1C[C@H](NCCCC(OC(C)=O)OC(C)=O)[C@H](O)[C@H](C)O1. The molecule has 0 radical (unpaired) electrons. The van der Waals surface area contributed by atoms with Gasteiger partial charge in [-0.3, -0.25) is 24.0 Å². The average Bonchev–Trinajstić information content (AvgIpc) is 3.07. The molecule has 16 nitrogen and oxygen atoms in total. The molecule has 3 aliphatic rings. The second-order valence-electron chi connectivity index (χ2n) is 12.8. The first kappa shape index (κ1) is 37.8. The van der Waals surface area contributed by atoms with Gasteiger partial charge in [0.15, 0.2) is 17.9 Å². The summed E-state index contributed by atoms with van der Waals surface area (Å²) >= 11 is 0. The predicted octanol–water partition coefficient (Wildman–Crippen LogP) is 0.865. The Kier molecular flexibility index (Phi) is 11.1. The number of carbonyl (C=O) groups excluding carboxylic acids is 5. The molecule has 0 unspecified atom stereocenters. The van der Waals surface area contributed by atoms with Crippen molar-refractivity contribution in [2.24, 2.45) is 0 Å². The highest BCUT2D eigenvalue weighted by molar-refractivity contribution is 6.31. The van der Waals surface area contributed by atoms with Crippen LogP contribution in [0.3, 0.4) is 0 Å². The van der Waals surface area contributed by atoms with Gasteiger partial charge >= 0.3 is 11.9 Å². The Morgan fingerprint density at radius 2 is 1.71 bits per heavy atom. The number of nitrogens with one attached hydrogen (secondary N) is 1. The molecule has 2 aliphatic carbocycles. The van der Waals surface area contributed by atoms with E-state index in [4.69, 9.17) is 23.7 Å². The monoisotopic (exact) mass is 715 g/mol. The smallest absolute Gasteiger partial charge is 0.305 e. The number of rotatable bonds is 12. The molecular formula is C35H41NO15. The van der Waals surface area contributed by atoms with Crippen LogP contribution >= 0.6 is 0 Å². The van der Waals surface area contributed by atoms with Crippen LogP contribution < -0.4 is 10.1 Å². The van der Waals surface area contributed by atoms with Gasteiger partial charge in [-0.15, -0.1) is 0 Å². The third-order valence-electron chi connectivity index (χ3n) is 9.38. The zero-order valence-corrected chi connectivity index (χ0v) is 28.5. The molecule has 6 N–H and O–H groups in total. The minimum atomic E-state index is -2.31. The minimum absolute atomic E-state index is 0.000705. The molecule has 1 aliphatic heterocycles. The highest BCUT2D eigenvalue weighted by Gasteiger charge is 2.50. The number of ketones is 3. The lowest BCUT2D eigenvalue weighted by molar-refractivity contribution is -0.249. The van der Waals surface area contributed by atoms with Crippen molar-refractivity contribution < 1.29 is 73.2 Å². The number of benzene rings is 2. The van der Waals surface area contributed by atoms with Gasteiger partial charge in [0.25, 0.3) is 0 Å². The van der Waals surface area contributed by atoms with Gasteiger partial charge in [0.1, 0.15) is 29.5 Å². The molecule has 0 saturated carbocycles. The summed E-state index contributed by atoms with van der Waals surface area (Å²) in [5, 5.41) is 58.5. The number of phenolic OH excluding ortho intramolecular Hbond substituents is 2. The number of hydrogen-bond acceptors (Lipinski definition) is 16. The van der Waals surface area contributed by atoms with Crippen LogP contribution in [0, 0.1) is 0 Å². The lowest BCUT2D eigenvalue weighted by atomic mass is 9.72. The van der Waals surface area contributed by atoms with E-state index in [1.54, 1.807) is 6.92 Å². The number of fused-ring (bicyclic) bond motifs is 3.